The van der Waals surface area contributed by atoms with Crippen molar-refractivity contribution in [2.24, 2.45) is 7.05 Å². The molecule has 1 saturated heterocycles. The van der Waals surface area contributed by atoms with Crippen molar-refractivity contribution in [3.05, 3.63) is 30.1 Å². The number of anilines is 1. The molecule has 1 aliphatic rings. The Balaban J connectivity index is 1.92. The van der Waals surface area contributed by atoms with Crippen LogP contribution in [0, 0.1) is 6.92 Å². The molecule has 4 rings (SSSR count). The van der Waals surface area contributed by atoms with Crippen LogP contribution >= 0.6 is 0 Å². The summed E-state index contributed by atoms with van der Waals surface area (Å²) >= 11 is 0. The van der Waals surface area contributed by atoms with Gasteiger partial charge in [0, 0.05) is 26.3 Å². The van der Waals surface area contributed by atoms with Gasteiger partial charge in [0.05, 0.1) is 23.3 Å². The predicted octanol–water partition coefficient (Wildman–Crippen LogP) is 2.35. The minimum absolute atomic E-state index is 0.157. The van der Waals surface area contributed by atoms with Crippen LogP contribution in [0.2, 0.25) is 0 Å². The monoisotopic (exact) mass is 338 g/mol. The van der Waals surface area contributed by atoms with Crippen LogP contribution < -0.4 is 4.90 Å². The molecule has 3 aromatic rings. The molecule has 0 N–H and O–H groups in total. The summed E-state index contributed by atoms with van der Waals surface area (Å²) in [6, 6.07) is 5.77. The number of morpholine rings is 1. The number of aromatic nitrogens is 5. The Morgan fingerprint density at radius 3 is 2.56 bits per heavy atom. The van der Waals surface area contributed by atoms with Crippen molar-refractivity contribution in [3.8, 4) is 11.5 Å². The summed E-state index contributed by atoms with van der Waals surface area (Å²) in [5.41, 5.74) is 2.53. The van der Waals surface area contributed by atoms with E-state index in [-0.39, 0.29) is 12.2 Å². The van der Waals surface area contributed by atoms with E-state index >= 15 is 0 Å². The fourth-order valence-corrected chi connectivity index (χ4v) is 3.51. The van der Waals surface area contributed by atoms with E-state index in [2.05, 4.69) is 28.8 Å². The molecule has 0 radical (unpaired) electrons. The smallest absolute Gasteiger partial charge is 0.182 e. The average Bonchev–Trinajstić information content (AvgIpc) is 2.88. The first-order valence-electron chi connectivity index (χ1n) is 8.56. The lowest BCUT2D eigenvalue weighted by Crippen LogP contribution is -2.46. The zero-order valence-corrected chi connectivity index (χ0v) is 15.0. The van der Waals surface area contributed by atoms with Gasteiger partial charge in [-0.15, -0.1) is 0 Å². The highest BCUT2D eigenvalue weighted by molar-refractivity contribution is 5.91. The van der Waals surface area contributed by atoms with Gasteiger partial charge >= 0.3 is 0 Å². The number of rotatable bonds is 2. The first-order chi connectivity index (χ1) is 12.0. The van der Waals surface area contributed by atoms with Crippen molar-refractivity contribution in [2.75, 3.05) is 18.0 Å². The van der Waals surface area contributed by atoms with Gasteiger partial charge in [-0.3, -0.25) is 9.67 Å². The highest BCUT2D eigenvalue weighted by Crippen LogP contribution is 2.30. The van der Waals surface area contributed by atoms with E-state index in [9.17, 15) is 0 Å². The van der Waals surface area contributed by atoms with Gasteiger partial charge in [-0.2, -0.15) is 5.10 Å². The van der Waals surface area contributed by atoms with E-state index in [1.165, 1.54) is 0 Å². The molecule has 0 amide bonds. The Hall–Kier alpha value is -2.54. The van der Waals surface area contributed by atoms with Crippen LogP contribution in [0.5, 0.6) is 0 Å². The van der Waals surface area contributed by atoms with Crippen molar-refractivity contribution in [3.63, 3.8) is 0 Å². The Morgan fingerprint density at radius 1 is 1.12 bits per heavy atom. The lowest BCUT2D eigenvalue weighted by Gasteiger charge is -2.36. The Bertz CT molecular complexity index is 897. The molecule has 130 valence electrons. The van der Waals surface area contributed by atoms with Crippen molar-refractivity contribution in [2.45, 2.75) is 33.0 Å². The van der Waals surface area contributed by atoms with Crippen LogP contribution in [-0.4, -0.2) is 50.0 Å². The van der Waals surface area contributed by atoms with Crippen LogP contribution in [0.1, 0.15) is 19.5 Å². The first-order valence-corrected chi connectivity index (χ1v) is 8.56. The molecule has 25 heavy (non-hydrogen) atoms. The predicted molar refractivity (Wildman–Crippen MR) is 96.5 cm³/mol. The molecular weight excluding hydrogens is 316 g/mol. The van der Waals surface area contributed by atoms with Gasteiger partial charge in [0.2, 0.25) is 0 Å². The summed E-state index contributed by atoms with van der Waals surface area (Å²) in [4.78, 5) is 16.3. The number of hydrogen-bond donors (Lipinski definition) is 0. The minimum atomic E-state index is 0.157. The number of hydrogen-bond acceptors (Lipinski definition) is 6. The molecule has 7 nitrogen and oxygen atoms in total. The molecule has 0 unspecified atom stereocenters. The molecule has 0 bridgehead atoms. The molecule has 1 aliphatic heterocycles. The van der Waals surface area contributed by atoms with Gasteiger partial charge in [0.15, 0.2) is 11.5 Å². The standard InChI is InChI=1S/C18H22N6O/c1-11-9-24(10-12(2)25-11)18-15-13(3)22-23(4)17(15)20-16(21-18)14-7-5-6-8-19-14/h5-8,11-12H,9-10H2,1-4H3/t11-,12+. The third-order valence-electron chi connectivity index (χ3n) is 4.45. The highest BCUT2D eigenvalue weighted by Gasteiger charge is 2.27. The first kappa shape index (κ1) is 16.0. The molecule has 1 fully saturated rings. The third-order valence-corrected chi connectivity index (χ3v) is 4.45. The molecule has 4 heterocycles. The largest absolute Gasteiger partial charge is 0.372 e. The normalized spacial score (nSPS) is 21.0. The van der Waals surface area contributed by atoms with Gasteiger partial charge < -0.3 is 9.64 Å². The summed E-state index contributed by atoms with van der Waals surface area (Å²) in [5.74, 6) is 1.54. The number of pyridine rings is 1. The highest BCUT2D eigenvalue weighted by atomic mass is 16.5. The molecule has 0 spiro atoms. The Labute approximate surface area is 146 Å². The van der Waals surface area contributed by atoms with Crippen molar-refractivity contribution >= 4 is 16.9 Å². The van der Waals surface area contributed by atoms with Crippen LogP contribution in [-0.2, 0) is 11.8 Å². The van der Waals surface area contributed by atoms with Crippen LogP contribution in [0.4, 0.5) is 5.82 Å². The molecule has 0 aliphatic carbocycles. The summed E-state index contributed by atoms with van der Waals surface area (Å²) in [5, 5.41) is 5.56. The molecule has 7 heteroatoms. The molecule has 0 aromatic carbocycles. The summed E-state index contributed by atoms with van der Waals surface area (Å²) in [7, 11) is 1.92. The Morgan fingerprint density at radius 2 is 1.88 bits per heavy atom. The van der Waals surface area contributed by atoms with Crippen LogP contribution in [0.25, 0.3) is 22.6 Å². The van der Waals surface area contributed by atoms with Gasteiger partial charge in [-0.05, 0) is 32.9 Å². The van der Waals surface area contributed by atoms with Crippen molar-refractivity contribution < 1.29 is 4.74 Å². The topological polar surface area (TPSA) is 69.0 Å². The van der Waals surface area contributed by atoms with E-state index in [0.717, 1.165) is 41.3 Å². The molecule has 0 saturated carbocycles. The maximum absolute atomic E-state index is 5.88. The quantitative estimate of drug-likeness (QED) is 0.714. The SMILES string of the molecule is Cc1nn(C)c2nc(-c3ccccn3)nc(N3C[C@@H](C)O[C@@H](C)C3)c12. The minimum Gasteiger partial charge on any atom is -0.372 e. The average molecular weight is 338 g/mol. The van der Waals surface area contributed by atoms with Crippen molar-refractivity contribution in [1.29, 1.82) is 0 Å². The maximum Gasteiger partial charge on any atom is 0.182 e. The fraction of sp³-hybridized carbons (Fsp3) is 0.444. The van der Waals surface area contributed by atoms with Gasteiger partial charge in [-0.1, -0.05) is 6.07 Å². The summed E-state index contributed by atoms with van der Waals surface area (Å²) < 4.78 is 7.70. The summed E-state index contributed by atoms with van der Waals surface area (Å²) in [6.45, 7) is 7.79. The number of nitrogens with zero attached hydrogens (tertiary/aromatic N) is 6. The second kappa shape index (κ2) is 6.07. The lowest BCUT2D eigenvalue weighted by molar-refractivity contribution is -0.00536. The Kier molecular flexibility index (Phi) is 3.88. The van der Waals surface area contributed by atoms with Crippen LogP contribution in [0.15, 0.2) is 24.4 Å². The number of aryl methyl sites for hydroxylation is 2. The zero-order valence-electron chi connectivity index (χ0n) is 15.0. The van der Waals surface area contributed by atoms with Gasteiger partial charge in [-0.25, -0.2) is 9.97 Å². The van der Waals surface area contributed by atoms with Gasteiger partial charge in [0.25, 0.3) is 0 Å². The third kappa shape index (κ3) is 2.84. The van der Waals surface area contributed by atoms with Crippen molar-refractivity contribution in [1.82, 2.24) is 24.7 Å². The van der Waals surface area contributed by atoms with Gasteiger partial charge in [0.1, 0.15) is 11.5 Å². The fourth-order valence-electron chi connectivity index (χ4n) is 3.51. The molecular formula is C18H22N6O. The van der Waals surface area contributed by atoms with E-state index < -0.39 is 0 Å². The number of ether oxygens (including phenoxy) is 1. The van der Waals surface area contributed by atoms with E-state index in [4.69, 9.17) is 14.7 Å². The summed E-state index contributed by atoms with van der Waals surface area (Å²) in [6.07, 6.45) is 2.07. The van der Waals surface area contributed by atoms with Crippen LogP contribution in [0.3, 0.4) is 0 Å². The van der Waals surface area contributed by atoms with E-state index in [1.54, 1.807) is 6.20 Å². The van der Waals surface area contributed by atoms with E-state index in [0.29, 0.717) is 5.82 Å². The zero-order chi connectivity index (χ0) is 17.6. The van der Waals surface area contributed by atoms with E-state index in [1.807, 2.05) is 36.9 Å². The lowest BCUT2D eigenvalue weighted by atomic mass is 10.2. The maximum atomic E-state index is 5.88. The second-order valence-electron chi connectivity index (χ2n) is 6.66. The molecule has 2 atom stereocenters. The number of fused-ring (bicyclic) bond motifs is 1. The molecule has 3 aromatic heterocycles. The second-order valence-corrected chi connectivity index (χ2v) is 6.66.